The molecule has 1 aromatic carbocycles. The number of carbonyl (C=O) groups excluding carboxylic acids is 2. The standard InChI is InChI=1S/C31H48O6SeSi/c1-20(24(34)19-38-22-14-11-10-12-15-22)18-23(33)26-30(5)17-13-16-29(3,4)27(30)25(37-39(7,8)9)28(31(26,6)35)36-21(2)32/h10-12,14-15,18,24-28,34-35H,13,16-17,19H2,1-9H3/b20-18+/t24?,25-,26+,27-,28-,30+,31-/m0/s1. The summed E-state index contributed by atoms with van der Waals surface area (Å²) in [5.41, 5.74) is -1.84. The summed E-state index contributed by atoms with van der Waals surface area (Å²) in [5.74, 6) is -1.65. The fourth-order valence-electron chi connectivity index (χ4n) is 7.36. The number of rotatable bonds is 9. The van der Waals surface area contributed by atoms with Crippen LogP contribution in [-0.2, 0) is 18.8 Å². The van der Waals surface area contributed by atoms with E-state index in [4.69, 9.17) is 9.16 Å². The van der Waals surface area contributed by atoms with E-state index in [1.807, 2.05) is 18.2 Å². The second kappa shape index (κ2) is 11.9. The van der Waals surface area contributed by atoms with Gasteiger partial charge in [0.15, 0.2) is 0 Å². The van der Waals surface area contributed by atoms with Gasteiger partial charge in [-0.05, 0) is 0 Å². The molecule has 3 rings (SSSR count). The molecular weight excluding hydrogens is 575 g/mol. The van der Waals surface area contributed by atoms with Crippen LogP contribution in [0.4, 0.5) is 0 Å². The molecule has 0 aliphatic heterocycles. The molecule has 0 amide bonds. The maximum atomic E-state index is 14.2. The van der Waals surface area contributed by atoms with Crippen molar-refractivity contribution in [3.8, 4) is 0 Å². The zero-order chi connectivity index (χ0) is 29.4. The normalized spacial score (nSPS) is 33.7. The molecule has 8 heteroatoms. The van der Waals surface area contributed by atoms with Crippen molar-refractivity contribution in [1.29, 1.82) is 0 Å². The first-order chi connectivity index (χ1) is 17.9. The topological polar surface area (TPSA) is 93.1 Å². The summed E-state index contributed by atoms with van der Waals surface area (Å²) >= 11 is 0.0709. The Labute approximate surface area is 242 Å². The fraction of sp³-hybridized carbons (Fsp3) is 0.677. The van der Waals surface area contributed by atoms with Crippen LogP contribution in [0.5, 0.6) is 0 Å². The Bertz CT molecular complexity index is 1060. The molecule has 2 N–H and O–H groups in total. The monoisotopic (exact) mass is 624 g/mol. The average molecular weight is 624 g/mol. The van der Waals surface area contributed by atoms with E-state index in [0.29, 0.717) is 10.9 Å². The number of hydrogen-bond donors (Lipinski definition) is 2. The fourth-order valence-corrected chi connectivity index (χ4v) is 10.5. The van der Waals surface area contributed by atoms with Crippen molar-refractivity contribution in [3.63, 3.8) is 0 Å². The number of ketones is 1. The number of esters is 1. The van der Waals surface area contributed by atoms with Crippen molar-refractivity contribution in [2.75, 3.05) is 0 Å². The van der Waals surface area contributed by atoms with Gasteiger partial charge in [-0.15, -0.1) is 0 Å². The first kappa shape index (κ1) is 32.2. The summed E-state index contributed by atoms with van der Waals surface area (Å²) in [6.07, 6.45) is 1.93. The molecule has 0 aromatic heterocycles. The van der Waals surface area contributed by atoms with Crippen molar-refractivity contribution in [1.82, 2.24) is 0 Å². The molecule has 2 aliphatic carbocycles. The summed E-state index contributed by atoms with van der Waals surface area (Å²) in [6, 6.07) is 10.1. The van der Waals surface area contributed by atoms with Crippen molar-refractivity contribution in [2.24, 2.45) is 22.7 Å². The van der Waals surface area contributed by atoms with Crippen molar-refractivity contribution >= 4 is 39.5 Å². The van der Waals surface area contributed by atoms with E-state index in [1.54, 1.807) is 13.8 Å². The predicted octanol–water partition coefficient (Wildman–Crippen LogP) is 4.68. The molecule has 6 nitrogen and oxygen atoms in total. The second-order valence-electron chi connectivity index (χ2n) is 13.6. The minimum atomic E-state index is -2.13. The molecular formula is C31H48O6SeSi. The van der Waals surface area contributed by atoms with Crippen LogP contribution in [0.15, 0.2) is 42.0 Å². The number of aliphatic hydroxyl groups is 2. The van der Waals surface area contributed by atoms with Crippen LogP contribution in [0.1, 0.15) is 60.8 Å². The van der Waals surface area contributed by atoms with E-state index in [1.165, 1.54) is 17.5 Å². The van der Waals surface area contributed by atoms with Crippen LogP contribution in [0.25, 0.3) is 0 Å². The molecule has 2 fully saturated rings. The Morgan fingerprint density at radius 2 is 1.72 bits per heavy atom. The zero-order valence-corrected chi connectivity index (χ0v) is 27.8. The molecule has 0 spiro atoms. The molecule has 1 unspecified atom stereocenters. The second-order valence-corrected chi connectivity index (χ2v) is 20.4. The van der Waals surface area contributed by atoms with Crippen molar-refractivity contribution in [2.45, 2.75) is 110 Å². The Hall–Kier alpha value is -1.28. The number of fused-ring (bicyclic) bond motifs is 1. The molecule has 2 aliphatic rings. The quantitative estimate of drug-likeness (QED) is 0.236. The van der Waals surface area contributed by atoms with Gasteiger partial charge in [-0.3, -0.25) is 0 Å². The number of benzene rings is 1. The summed E-state index contributed by atoms with van der Waals surface area (Å²) in [5, 5.41) is 23.7. The van der Waals surface area contributed by atoms with Crippen molar-refractivity contribution in [3.05, 3.63) is 42.0 Å². The number of carbonyl (C=O) groups is 2. The maximum absolute atomic E-state index is 14.2. The molecule has 2 saturated carbocycles. The SMILES string of the molecule is CC(=O)O[C@H]1[C@@H](O[Si](C)(C)C)[C@H]2C(C)(C)CCC[C@]2(C)[C@@H](C(=O)/C=C(\C)C(O)C[Se]c2ccccc2)[C@]1(C)O. The Balaban J connectivity index is 2.03. The van der Waals surface area contributed by atoms with Gasteiger partial charge < -0.3 is 0 Å². The summed E-state index contributed by atoms with van der Waals surface area (Å²) in [6.45, 7) is 17.6. The molecule has 39 heavy (non-hydrogen) atoms. The summed E-state index contributed by atoms with van der Waals surface area (Å²) in [7, 11) is -2.13. The molecule has 0 heterocycles. The number of ether oxygens (including phenoxy) is 1. The Kier molecular flexibility index (Phi) is 9.84. The molecule has 0 radical (unpaired) electrons. The van der Waals surface area contributed by atoms with Crippen LogP contribution in [-0.4, -0.2) is 69.2 Å². The number of hydrogen-bond acceptors (Lipinski definition) is 6. The van der Waals surface area contributed by atoms with Gasteiger partial charge in [0.25, 0.3) is 0 Å². The van der Waals surface area contributed by atoms with Gasteiger partial charge in [-0.1, -0.05) is 0 Å². The van der Waals surface area contributed by atoms with Crippen molar-refractivity contribution < 1.29 is 29.0 Å². The van der Waals surface area contributed by atoms with E-state index >= 15 is 0 Å². The van der Waals surface area contributed by atoms with E-state index in [2.05, 4.69) is 52.5 Å². The molecule has 7 atom stereocenters. The number of allylic oxidation sites excluding steroid dienone is 1. The van der Waals surface area contributed by atoms with Crippen LogP contribution in [0.3, 0.4) is 0 Å². The minimum absolute atomic E-state index is 0.0709. The number of aliphatic hydroxyl groups excluding tert-OH is 1. The van der Waals surface area contributed by atoms with Crippen LogP contribution in [0, 0.1) is 22.7 Å². The van der Waals surface area contributed by atoms with Crippen LogP contribution in [0.2, 0.25) is 25.0 Å². The van der Waals surface area contributed by atoms with Gasteiger partial charge in [0.05, 0.1) is 0 Å². The molecule has 0 bridgehead atoms. The van der Waals surface area contributed by atoms with Gasteiger partial charge in [0, 0.05) is 0 Å². The van der Waals surface area contributed by atoms with Gasteiger partial charge in [-0.2, -0.15) is 0 Å². The molecule has 218 valence electrons. The van der Waals surface area contributed by atoms with Crippen LogP contribution < -0.4 is 4.46 Å². The third-order valence-corrected chi connectivity index (χ3v) is 11.9. The summed E-state index contributed by atoms with van der Waals surface area (Å²) < 4.78 is 13.8. The predicted molar refractivity (Wildman–Crippen MR) is 159 cm³/mol. The van der Waals surface area contributed by atoms with E-state index in [0.717, 1.165) is 19.3 Å². The Morgan fingerprint density at radius 3 is 2.28 bits per heavy atom. The van der Waals surface area contributed by atoms with E-state index < -0.39 is 49.5 Å². The first-order valence-corrected chi connectivity index (χ1v) is 19.5. The average Bonchev–Trinajstić information content (AvgIpc) is 2.78. The first-order valence-electron chi connectivity index (χ1n) is 14.1. The van der Waals surface area contributed by atoms with E-state index in [9.17, 15) is 19.8 Å². The van der Waals surface area contributed by atoms with Crippen LogP contribution >= 0.6 is 0 Å². The molecule has 0 saturated heterocycles. The third-order valence-electron chi connectivity index (χ3n) is 8.65. The van der Waals surface area contributed by atoms with E-state index in [-0.39, 0.29) is 32.1 Å². The third kappa shape index (κ3) is 7.14. The molecule has 1 aromatic rings. The Morgan fingerprint density at radius 1 is 1.10 bits per heavy atom. The van der Waals surface area contributed by atoms with Gasteiger partial charge in [0.2, 0.25) is 0 Å². The van der Waals surface area contributed by atoms with Gasteiger partial charge in [0.1, 0.15) is 0 Å². The van der Waals surface area contributed by atoms with Gasteiger partial charge in [-0.25, -0.2) is 0 Å². The van der Waals surface area contributed by atoms with Gasteiger partial charge >= 0.3 is 243 Å². The summed E-state index contributed by atoms with van der Waals surface area (Å²) in [4.78, 5) is 26.5. The zero-order valence-electron chi connectivity index (χ0n) is 25.1.